The molecule has 0 fully saturated rings. The maximum absolute atomic E-state index is 11.9. The van der Waals surface area contributed by atoms with Crippen molar-refractivity contribution in [2.24, 2.45) is 21.2 Å². The van der Waals surface area contributed by atoms with Gasteiger partial charge in [-0.3, -0.25) is 14.4 Å². The van der Waals surface area contributed by atoms with E-state index in [1.165, 1.54) is 0 Å². The zero-order chi connectivity index (χ0) is 28.2. The number of primary amides is 1. The highest BCUT2D eigenvalue weighted by molar-refractivity contribution is 5.89. The summed E-state index contributed by atoms with van der Waals surface area (Å²) in [5.41, 5.74) is 7.02. The lowest BCUT2D eigenvalue weighted by molar-refractivity contribution is -0.126. The zero-order valence-corrected chi connectivity index (χ0v) is 21.5. The zero-order valence-electron chi connectivity index (χ0n) is 21.5. The van der Waals surface area contributed by atoms with Crippen LogP contribution in [0.4, 0.5) is 4.79 Å². The highest BCUT2D eigenvalue weighted by atomic mass is 16.6. The van der Waals surface area contributed by atoms with Gasteiger partial charge < -0.3 is 40.9 Å². The van der Waals surface area contributed by atoms with Gasteiger partial charge in [0.25, 0.3) is 17.7 Å². The topological polar surface area (TPSA) is 204 Å². The lowest BCUT2D eigenvalue weighted by atomic mass is 10.2. The molecule has 38 heavy (non-hydrogen) atoms. The van der Waals surface area contributed by atoms with Gasteiger partial charge in [0.15, 0.2) is 19.8 Å². The van der Waals surface area contributed by atoms with Gasteiger partial charge in [-0.05, 0) is 26.3 Å². The first kappa shape index (κ1) is 31.3. The van der Waals surface area contributed by atoms with Crippen molar-refractivity contribution < 1.29 is 38.4 Å². The maximum atomic E-state index is 11.9. The average molecular weight is 536 g/mol. The van der Waals surface area contributed by atoms with E-state index in [-0.39, 0.29) is 46.1 Å². The molecule has 0 bridgehead atoms. The van der Waals surface area contributed by atoms with Crippen molar-refractivity contribution in [2.45, 2.75) is 27.4 Å². The molecule has 0 spiro atoms. The van der Waals surface area contributed by atoms with E-state index in [9.17, 15) is 19.2 Å². The van der Waals surface area contributed by atoms with Crippen LogP contribution in [0.15, 0.2) is 45.8 Å². The molecule has 15 nitrogen and oxygen atoms in total. The van der Waals surface area contributed by atoms with Crippen LogP contribution < -0.4 is 21.7 Å². The van der Waals surface area contributed by atoms with E-state index in [1.807, 2.05) is 30.3 Å². The van der Waals surface area contributed by atoms with E-state index in [1.54, 1.807) is 20.8 Å². The fourth-order valence-electron chi connectivity index (χ4n) is 2.23. The van der Waals surface area contributed by atoms with Gasteiger partial charge in [-0.15, -0.1) is 0 Å². The molecule has 0 aliphatic rings. The SMILES string of the molecule is C/C(CNC(=O)CO/N=C(\C)CNC(=O)CO/N=C(\C)CNC(=O)OCc1ccccc1)=N\OCC(N)=O. The number of hydrogen-bond donors (Lipinski definition) is 4. The molecular weight excluding hydrogens is 502 g/mol. The maximum Gasteiger partial charge on any atom is 0.407 e. The number of carbonyl (C=O) groups excluding carboxylic acids is 4. The van der Waals surface area contributed by atoms with Crippen molar-refractivity contribution in [1.29, 1.82) is 0 Å². The molecule has 0 atom stereocenters. The molecular formula is C23H33N7O8. The van der Waals surface area contributed by atoms with E-state index < -0.39 is 23.8 Å². The highest BCUT2D eigenvalue weighted by Gasteiger charge is 2.06. The number of nitrogens with zero attached hydrogens (tertiary/aromatic N) is 3. The first-order chi connectivity index (χ1) is 18.2. The fourth-order valence-corrected chi connectivity index (χ4v) is 2.23. The van der Waals surface area contributed by atoms with E-state index in [0.717, 1.165) is 5.56 Å². The van der Waals surface area contributed by atoms with Crippen molar-refractivity contribution in [2.75, 3.05) is 39.5 Å². The molecule has 0 aliphatic heterocycles. The Morgan fingerprint density at radius 2 is 1.16 bits per heavy atom. The van der Waals surface area contributed by atoms with E-state index >= 15 is 0 Å². The predicted molar refractivity (Wildman–Crippen MR) is 137 cm³/mol. The molecule has 0 saturated carbocycles. The number of benzene rings is 1. The monoisotopic (exact) mass is 535 g/mol. The Kier molecular flexibility index (Phi) is 15.3. The molecule has 0 aromatic heterocycles. The summed E-state index contributed by atoms with van der Waals surface area (Å²) in [5.74, 6) is -1.59. The molecule has 0 saturated heterocycles. The third-order valence-corrected chi connectivity index (χ3v) is 4.04. The second kappa shape index (κ2) is 18.6. The number of carbonyl (C=O) groups is 4. The summed E-state index contributed by atoms with van der Waals surface area (Å²) < 4.78 is 5.08. The molecule has 0 aliphatic carbocycles. The number of ether oxygens (including phenoxy) is 1. The molecule has 0 heterocycles. The Labute approximate surface area is 219 Å². The Hall–Kier alpha value is -4.69. The molecule has 208 valence electrons. The van der Waals surface area contributed by atoms with Crippen molar-refractivity contribution in [3.63, 3.8) is 0 Å². The van der Waals surface area contributed by atoms with Crippen LogP contribution in [0.25, 0.3) is 0 Å². The summed E-state index contributed by atoms with van der Waals surface area (Å²) >= 11 is 0. The van der Waals surface area contributed by atoms with Crippen molar-refractivity contribution >= 4 is 40.9 Å². The van der Waals surface area contributed by atoms with Gasteiger partial charge in [0, 0.05) is 0 Å². The van der Waals surface area contributed by atoms with Gasteiger partial charge in [-0.25, -0.2) is 4.79 Å². The first-order valence-electron chi connectivity index (χ1n) is 11.4. The number of rotatable bonds is 17. The number of amides is 4. The van der Waals surface area contributed by atoms with Crippen LogP contribution in [0.2, 0.25) is 0 Å². The molecule has 1 rings (SSSR count). The van der Waals surface area contributed by atoms with Gasteiger partial charge in [-0.1, -0.05) is 45.8 Å². The summed E-state index contributed by atoms with van der Waals surface area (Å²) in [6, 6.07) is 9.24. The minimum absolute atomic E-state index is 0.0598. The molecule has 1 aromatic rings. The third kappa shape index (κ3) is 16.9. The standard InChI is InChI=1S/C23H33N7O8/c1-16(28-36-13-20(24)31)9-25-21(32)14-37-29-17(2)10-26-22(33)15-38-30-18(3)11-27-23(34)35-12-19-7-5-4-6-8-19/h4-8H,9-15H2,1-3H3,(H2,24,31)(H,25,32)(H,26,33)(H,27,34)/b28-16+,29-17+,30-18+. The Morgan fingerprint density at radius 3 is 1.63 bits per heavy atom. The lowest BCUT2D eigenvalue weighted by Crippen LogP contribution is -2.33. The molecule has 1 aromatic carbocycles. The largest absolute Gasteiger partial charge is 0.445 e. The Balaban J connectivity index is 2.15. The summed E-state index contributed by atoms with van der Waals surface area (Å²) in [6.07, 6.45) is -0.605. The van der Waals surface area contributed by atoms with E-state index in [4.69, 9.17) is 20.1 Å². The molecule has 0 unspecified atom stereocenters. The highest BCUT2D eigenvalue weighted by Crippen LogP contribution is 2.00. The Bertz CT molecular complexity index is 1010. The van der Waals surface area contributed by atoms with Crippen molar-refractivity contribution in [3.8, 4) is 0 Å². The van der Waals surface area contributed by atoms with Gasteiger partial charge in [-0.2, -0.15) is 0 Å². The molecule has 5 N–H and O–H groups in total. The summed E-state index contributed by atoms with van der Waals surface area (Å²) in [4.78, 5) is 60.4. The van der Waals surface area contributed by atoms with Crippen LogP contribution in [0, 0.1) is 0 Å². The van der Waals surface area contributed by atoms with E-state index in [2.05, 4.69) is 36.3 Å². The van der Waals surface area contributed by atoms with Gasteiger partial charge >= 0.3 is 6.09 Å². The van der Waals surface area contributed by atoms with E-state index in [0.29, 0.717) is 17.1 Å². The number of nitrogens with two attached hydrogens (primary N) is 1. The second-order valence-electron chi connectivity index (χ2n) is 7.74. The Morgan fingerprint density at radius 1 is 0.711 bits per heavy atom. The first-order valence-corrected chi connectivity index (χ1v) is 11.4. The number of hydrogen-bond acceptors (Lipinski definition) is 11. The van der Waals surface area contributed by atoms with Crippen molar-refractivity contribution in [3.05, 3.63) is 35.9 Å². The minimum atomic E-state index is -0.664. The van der Waals surface area contributed by atoms with Crippen LogP contribution in [-0.2, 0) is 40.2 Å². The van der Waals surface area contributed by atoms with Gasteiger partial charge in [0.1, 0.15) is 6.61 Å². The number of nitrogens with one attached hydrogen (secondary N) is 3. The number of alkyl carbamates (subject to hydrolysis) is 1. The predicted octanol–water partition coefficient (Wildman–Crippen LogP) is -0.192. The molecule has 4 amide bonds. The fraction of sp³-hybridized carbons (Fsp3) is 0.435. The molecule has 0 radical (unpaired) electrons. The second-order valence-corrected chi connectivity index (χ2v) is 7.74. The van der Waals surface area contributed by atoms with Crippen LogP contribution in [-0.4, -0.2) is 80.4 Å². The van der Waals surface area contributed by atoms with Gasteiger partial charge in [0.2, 0.25) is 0 Å². The third-order valence-electron chi connectivity index (χ3n) is 4.04. The quantitative estimate of drug-likeness (QED) is 0.155. The minimum Gasteiger partial charge on any atom is -0.445 e. The smallest absolute Gasteiger partial charge is 0.407 e. The van der Waals surface area contributed by atoms with Crippen LogP contribution in [0.3, 0.4) is 0 Å². The van der Waals surface area contributed by atoms with Crippen molar-refractivity contribution in [1.82, 2.24) is 16.0 Å². The summed E-state index contributed by atoms with van der Waals surface area (Å²) in [6.45, 7) is 4.10. The van der Waals surface area contributed by atoms with Gasteiger partial charge in [0.05, 0.1) is 36.8 Å². The summed E-state index contributed by atoms with van der Waals surface area (Å²) in [7, 11) is 0. The normalized spacial score (nSPS) is 11.7. The van der Waals surface area contributed by atoms with Crippen LogP contribution in [0.1, 0.15) is 26.3 Å². The number of oxime groups is 3. The lowest BCUT2D eigenvalue weighted by Gasteiger charge is -2.07. The van der Waals surface area contributed by atoms with Crippen LogP contribution in [0.5, 0.6) is 0 Å². The summed E-state index contributed by atoms with van der Waals surface area (Å²) in [5, 5.41) is 18.7. The molecule has 15 heteroatoms. The average Bonchev–Trinajstić information content (AvgIpc) is 2.88. The van der Waals surface area contributed by atoms with Crippen LogP contribution >= 0.6 is 0 Å².